The van der Waals surface area contributed by atoms with Crippen molar-refractivity contribution in [3.8, 4) is 5.75 Å². The maximum absolute atomic E-state index is 11.2. The molecule has 0 radical (unpaired) electrons. The first-order valence-corrected chi connectivity index (χ1v) is 4.28. The van der Waals surface area contributed by atoms with Crippen LogP contribution in [0.1, 0.15) is 0 Å². The van der Waals surface area contributed by atoms with Crippen LogP contribution in [0.4, 0.5) is 10.5 Å². The molecule has 1 aromatic carbocycles. The summed E-state index contributed by atoms with van der Waals surface area (Å²) in [6, 6.07) is 5.01. The number of rotatable bonds is 3. The number of aromatic hydroxyl groups is 1. The summed E-state index contributed by atoms with van der Waals surface area (Å²) < 4.78 is 0. The van der Waals surface area contributed by atoms with Crippen LogP contribution in [0.5, 0.6) is 5.75 Å². The molecular weight excluding hydrogens is 212 g/mol. The molecule has 84 valence electrons. The summed E-state index contributed by atoms with van der Waals surface area (Å²) in [5.74, 6) is -1.23. The molecule has 0 fully saturated rings. The molecular formula is C10H10N2O4. The van der Waals surface area contributed by atoms with Gasteiger partial charge in [0.15, 0.2) is 0 Å². The Morgan fingerprint density at radius 2 is 1.75 bits per heavy atom. The first kappa shape index (κ1) is 11.6. The molecule has 0 aromatic heterocycles. The number of phenols is 1. The van der Waals surface area contributed by atoms with Gasteiger partial charge in [-0.2, -0.15) is 0 Å². The number of hydrogen-bond donors (Lipinski definition) is 4. The molecule has 0 heterocycles. The van der Waals surface area contributed by atoms with Crippen molar-refractivity contribution in [3.63, 3.8) is 0 Å². The lowest BCUT2D eigenvalue weighted by Crippen LogP contribution is -2.30. The highest BCUT2D eigenvalue weighted by molar-refractivity contribution is 5.96. The normalized spacial score (nSPS) is 9.25. The molecule has 0 aliphatic heterocycles. The monoisotopic (exact) mass is 222 g/mol. The Morgan fingerprint density at radius 3 is 2.25 bits per heavy atom. The van der Waals surface area contributed by atoms with E-state index in [2.05, 4.69) is 11.9 Å². The van der Waals surface area contributed by atoms with Gasteiger partial charge in [0.25, 0.3) is 0 Å². The summed E-state index contributed by atoms with van der Waals surface area (Å²) in [7, 11) is 0. The van der Waals surface area contributed by atoms with Crippen molar-refractivity contribution in [2.75, 3.05) is 5.32 Å². The average Bonchev–Trinajstić information content (AvgIpc) is 2.21. The molecule has 6 nitrogen and oxygen atoms in total. The van der Waals surface area contributed by atoms with Crippen molar-refractivity contribution in [2.24, 2.45) is 0 Å². The van der Waals surface area contributed by atoms with Gasteiger partial charge in [0.1, 0.15) is 11.4 Å². The van der Waals surface area contributed by atoms with Crippen LogP contribution in [-0.4, -0.2) is 22.2 Å². The van der Waals surface area contributed by atoms with E-state index >= 15 is 0 Å². The van der Waals surface area contributed by atoms with E-state index < -0.39 is 17.7 Å². The van der Waals surface area contributed by atoms with Crippen molar-refractivity contribution in [1.29, 1.82) is 0 Å². The highest BCUT2D eigenvalue weighted by atomic mass is 16.4. The minimum Gasteiger partial charge on any atom is -0.508 e. The highest BCUT2D eigenvalue weighted by Gasteiger charge is 2.08. The summed E-state index contributed by atoms with van der Waals surface area (Å²) in [5.41, 5.74) is 0.00441. The Morgan fingerprint density at radius 1 is 1.19 bits per heavy atom. The van der Waals surface area contributed by atoms with Gasteiger partial charge in [0.05, 0.1) is 0 Å². The third-order valence-corrected chi connectivity index (χ3v) is 1.65. The van der Waals surface area contributed by atoms with E-state index in [-0.39, 0.29) is 5.75 Å². The molecule has 2 amide bonds. The Hall–Kier alpha value is -2.50. The molecule has 0 unspecified atom stereocenters. The number of anilines is 1. The van der Waals surface area contributed by atoms with E-state index in [1.807, 2.05) is 5.32 Å². The number of carboxylic acid groups (broad SMARTS) is 1. The van der Waals surface area contributed by atoms with Crippen molar-refractivity contribution >= 4 is 17.7 Å². The lowest BCUT2D eigenvalue weighted by Gasteiger charge is -2.06. The minimum absolute atomic E-state index is 0.0703. The second-order valence-electron chi connectivity index (χ2n) is 2.91. The van der Waals surface area contributed by atoms with Gasteiger partial charge in [0.2, 0.25) is 0 Å². The predicted octanol–water partition coefficient (Wildman–Crippen LogP) is 1.11. The summed E-state index contributed by atoms with van der Waals surface area (Å²) in [4.78, 5) is 21.6. The van der Waals surface area contributed by atoms with E-state index in [4.69, 9.17) is 10.2 Å². The smallest absolute Gasteiger partial charge is 0.351 e. The molecule has 6 heteroatoms. The lowest BCUT2D eigenvalue weighted by atomic mass is 10.3. The van der Waals surface area contributed by atoms with Crippen LogP contribution >= 0.6 is 0 Å². The maximum atomic E-state index is 11.2. The van der Waals surface area contributed by atoms with E-state index in [0.717, 1.165) is 0 Å². The first-order valence-electron chi connectivity index (χ1n) is 4.28. The first-order chi connectivity index (χ1) is 7.49. The number of carbonyl (C=O) groups excluding carboxylic acids is 1. The standard InChI is InChI=1S/C10H10N2O4/c1-6(9(14)15)11-10(16)12-7-2-4-8(13)5-3-7/h2-5,13H,1H2,(H,14,15)(H2,11,12,16). The van der Waals surface area contributed by atoms with Crippen LogP contribution in [0.25, 0.3) is 0 Å². The molecule has 4 N–H and O–H groups in total. The average molecular weight is 222 g/mol. The summed E-state index contributed by atoms with van der Waals surface area (Å²) in [5, 5.41) is 21.9. The fourth-order valence-corrected chi connectivity index (χ4v) is 0.898. The second kappa shape index (κ2) is 4.83. The molecule has 0 atom stereocenters. The second-order valence-corrected chi connectivity index (χ2v) is 2.91. The van der Waals surface area contributed by atoms with Gasteiger partial charge in [-0.25, -0.2) is 9.59 Å². The van der Waals surface area contributed by atoms with E-state index in [0.29, 0.717) is 5.69 Å². The largest absolute Gasteiger partial charge is 0.508 e. The third kappa shape index (κ3) is 3.33. The van der Waals surface area contributed by atoms with Crippen molar-refractivity contribution < 1.29 is 19.8 Å². The maximum Gasteiger partial charge on any atom is 0.351 e. The Bertz CT molecular complexity index is 425. The van der Waals surface area contributed by atoms with Crippen LogP contribution in [-0.2, 0) is 4.79 Å². The van der Waals surface area contributed by atoms with E-state index in [1.165, 1.54) is 24.3 Å². The van der Waals surface area contributed by atoms with Gasteiger partial charge in [-0.15, -0.1) is 0 Å². The summed E-state index contributed by atoms with van der Waals surface area (Å²) >= 11 is 0. The zero-order chi connectivity index (χ0) is 12.1. The molecule has 1 rings (SSSR count). The number of phenolic OH excluding ortho intramolecular Hbond substituents is 1. The van der Waals surface area contributed by atoms with Crippen LogP contribution in [0.3, 0.4) is 0 Å². The fourth-order valence-electron chi connectivity index (χ4n) is 0.898. The summed E-state index contributed by atoms with van der Waals surface area (Å²) in [6.07, 6.45) is 0. The Kier molecular flexibility index (Phi) is 3.49. The topological polar surface area (TPSA) is 98.7 Å². The van der Waals surface area contributed by atoms with Crippen molar-refractivity contribution in [3.05, 3.63) is 36.5 Å². The fraction of sp³-hybridized carbons (Fsp3) is 0. The van der Waals surface area contributed by atoms with Gasteiger partial charge >= 0.3 is 12.0 Å². The van der Waals surface area contributed by atoms with Gasteiger partial charge < -0.3 is 20.8 Å². The number of aliphatic carboxylic acids is 1. The molecule has 0 saturated heterocycles. The molecule has 0 saturated carbocycles. The predicted molar refractivity (Wildman–Crippen MR) is 57.0 cm³/mol. The zero-order valence-electron chi connectivity index (χ0n) is 8.23. The molecule has 0 spiro atoms. The van der Waals surface area contributed by atoms with Gasteiger partial charge in [-0.1, -0.05) is 6.58 Å². The molecule has 1 aromatic rings. The number of carbonyl (C=O) groups is 2. The number of hydrogen-bond acceptors (Lipinski definition) is 3. The Balaban J connectivity index is 2.55. The molecule has 0 aliphatic rings. The summed E-state index contributed by atoms with van der Waals surface area (Å²) in [6.45, 7) is 3.14. The minimum atomic E-state index is -1.30. The number of benzene rings is 1. The van der Waals surface area contributed by atoms with Gasteiger partial charge in [-0.05, 0) is 24.3 Å². The quantitative estimate of drug-likeness (QED) is 0.454. The van der Waals surface area contributed by atoms with Gasteiger partial charge in [-0.3, -0.25) is 0 Å². The van der Waals surface area contributed by atoms with E-state index in [1.54, 1.807) is 0 Å². The number of urea groups is 1. The van der Waals surface area contributed by atoms with Crippen molar-refractivity contribution in [2.45, 2.75) is 0 Å². The van der Waals surface area contributed by atoms with Crippen LogP contribution < -0.4 is 10.6 Å². The SMILES string of the molecule is C=C(NC(=O)Nc1ccc(O)cc1)C(=O)O. The number of carboxylic acids is 1. The molecule has 0 aliphatic carbocycles. The number of amides is 2. The Labute approximate surface area is 91.2 Å². The van der Waals surface area contributed by atoms with Gasteiger partial charge in [0, 0.05) is 5.69 Å². The molecule has 16 heavy (non-hydrogen) atoms. The number of nitrogens with one attached hydrogen (secondary N) is 2. The molecule has 0 bridgehead atoms. The third-order valence-electron chi connectivity index (χ3n) is 1.65. The van der Waals surface area contributed by atoms with Crippen molar-refractivity contribution in [1.82, 2.24) is 5.32 Å². The van der Waals surface area contributed by atoms with E-state index in [9.17, 15) is 9.59 Å². The zero-order valence-corrected chi connectivity index (χ0v) is 8.23. The highest BCUT2D eigenvalue weighted by Crippen LogP contribution is 2.13. The van der Waals surface area contributed by atoms with Crippen LogP contribution in [0.15, 0.2) is 36.5 Å². The van der Waals surface area contributed by atoms with Crippen LogP contribution in [0.2, 0.25) is 0 Å². The van der Waals surface area contributed by atoms with Crippen LogP contribution in [0, 0.1) is 0 Å². The lowest BCUT2D eigenvalue weighted by molar-refractivity contribution is -0.132.